The van der Waals surface area contributed by atoms with Crippen LogP contribution in [0.25, 0.3) is 0 Å². The molecule has 4 heterocycles. The number of benzene rings is 1. The Balaban J connectivity index is 1.41. The molecule has 5 rings (SSSR count). The normalized spacial score (nSPS) is 16.5. The summed E-state index contributed by atoms with van der Waals surface area (Å²) in [6.45, 7) is 5.37. The number of carbonyl (C=O) groups is 1. The van der Waals surface area contributed by atoms with E-state index in [-0.39, 0.29) is 5.91 Å². The molecule has 0 radical (unpaired) electrons. The highest BCUT2D eigenvalue weighted by Gasteiger charge is 2.31. The number of fused-ring (bicyclic) bond motifs is 1. The summed E-state index contributed by atoms with van der Waals surface area (Å²) < 4.78 is 12.7. The van der Waals surface area contributed by atoms with Gasteiger partial charge in [-0.2, -0.15) is 5.10 Å². The highest BCUT2D eigenvalue weighted by atomic mass is 16.5. The third-order valence-corrected chi connectivity index (χ3v) is 6.32. The summed E-state index contributed by atoms with van der Waals surface area (Å²) in [5.41, 5.74) is 4.92. The van der Waals surface area contributed by atoms with E-state index in [1.54, 1.807) is 13.3 Å². The van der Waals surface area contributed by atoms with E-state index in [0.717, 1.165) is 42.2 Å². The van der Waals surface area contributed by atoms with Crippen molar-refractivity contribution in [2.75, 3.05) is 40.0 Å². The average molecular weight is 448 g/mol. The Morgan fingerprint density at radius 1 is 1.06 bits per heavy atom. The number of morpholine rings is 1. The molecule has 0 atom stereocenters. The second-order valence-corrected chi connectivity index (χ2v) is 8.47. The molecule has 0 bridgehead atoms. The summed E-state index contributed by atoms with van der Waals surface area (Å²) >= 11 is 0. The van der Waals surface area contributed by atoms with Gasteiger partial charge < -0.3 is 14.4 Å². The van der Waals surface area contributed by atoms with Crippen molar-refractivity contribution in [3.63, 3.8) is 0 Å². The number of ether oxygens (including phenoxy) is 2. The minimum Gasteiger partial charge on any atom is -0.497 e. The first-order valence-corrected chi connectivity index (χ1v) is 11.4. The summed E-state index contributed by atoms with van der Waals surface area (Å²) in [4.78, 5) is 22.1. The van der Waals surface area contributed by atoms with Crippen LogP contribution in [0.4, 0.5) is 0 Å². The third-order valence-electron chi connectivity index (χ3n) is 6.32. The molecular formula is C25H29N5O3. The predicted octanol–water partition coefficient (Wildman–Crippen LogP) is 2.37. The maximum Gasteiger partial charge on any atom is 0.274 e. The van der Waals surface area contributed by atoms with Crippen LogP contribution in [0.5, 0.6) is 5.75 Å². The molecule has 2 aliphatic rings. The predicted molar refractivity (Wildman–Crippen MR) is 123 cm³/mol. The van der Waals surface area contributed by atoms with Gasteiger partial charge in [0.25, 0.3) is 5.91 Å². The summed E-state index contributed by atoms with van der Waals surface area (Å²) in [7, 11) is 1.68. The van der Waals surface area contributed by atoms with E-state index in [9.17, 15) is 4.79 Å². The number of methoxy groups -OCH3 is 1. The van der Waals surface area contributed by atoms with Crippen LogP contribution in [0.15, 0.2) is 48.7 Å². The molecule has 1 amide bonds. The molecule has 1 saturated heterocycles. The Labute approximate surface area is 193 Å². The maximum absolute atomic E-state index is 13.4. The fraction of sp³-hybridized carbons (Fsp3) is 0.400. The summed E-state index contributed by atoms with van der Waals surface area (Å²) in [5.74, 6) is 0.856. The lowest BCUT2D eigenvalue weighted by molar-refractivity contribution is 0.0297. The fourth-order valence-electron chi connectivity index (χ4n) is 4.53. The van der Waals surface area contributed by atoms with Crippen LogP contribution in [0.3, 0.4) is 0 Å². The van der Waals surface area contributed by atoms with Crippen molar-refractivity contribution < 1.29 is 14.3 Å². The number of pyridine rings is 1. The first-order valence-electron chi connectivity index (χ1n) is 11.4. The fourth-order valence-corrected chi connectivity index (χ4v) is 4.53. The van der Waals surface area contributed by atoms with Gasteiger partial charge in [-0.15, -0.1) is 0 Å². The molecule has 2 aromatic heterocycles. The van der Waals surface area contributed by atoms with Crippen molar-refractivity contribution in [1.29, 1.82) is 0 Å². The van der Waals surface area contributed by atoms with Crippen LogP contribution in [0.2, 0.25) is 0 Å². The number of nitrogens with zero attached hydrogens (tertiary/aromatic N) is 5. The summed E-state index contributed by atoms with van der Waals surface area (Å²) in [6.07, 6.45) is 2.64. The molecule has 8 nitrogen and oxygen atoms in total. The van der Waals surface area contributed by atoms with Gasteiger partial charge in [0.2, 0.25) is 0 Å². The van der Waals surface area contributed by atoms with Gasteiger partial charge in [0.1, 0.15) is 5.75 Å². The monoisotopic (exact) mass is 447 g/mol. The van der Waals surface area contributed by atoms with E-state index in [2.05, 4.69) is 22.0 Å². The smallest absolute Gasteiger partial charge is 0.274 e. The Hall–Kier alpha value is -3.23. The maximum atomic E-state index is 13.4. The molecule has 33 heavy (non-hydrogen) atoms. The van der Waals surface area contributed by atoms with Gasteiger partial charge in [-0.25, -0.2) is 0 Å². The molecule has 3 aromatic rings. The molecule has 2 aliphatic heterocycles. The Morgan fingerprint density at radius 3 is 2.61 bits per heavy atom. The zero-order chi connectivity index (χ0) is 22.6. The van der Waals surface area contributed by atoms with Gasteiger partial charge in [-0.3, -0.25) is 19.4 Å². The summed E-state index contributed by atoms with van der Waals surface area (Å²) in [5, 5.41) is 4.83. The molecule has 0 saturated carbocycles. The Kier molecular flexibility index (Phi) is 6.37. The quantitative estimate of drug-likeness (QED) is 0.578. The van der Waals surface area contributed by atoms with E-state index in [4.69, 9.17) is 14.6 Å². The highest BCUT2D eigenvalue weighted by Crippen LogP contribution is 2.26. The van der Waals surface area contributed by atoms with Gasteiger partial charge in [0.05, 0.1) is 32.6 Å². The van der Waals surface area contributed by atoms with Crippen LogP contribution >= 0.6 is 0 Å². The molecule has 0 spiro atoms. The molecule has 0 unspecified atom stereocenters. The molecule has 1 fully saturated rings. The van der Waals surface area contributed by atoms with E-state index >= 15 is 0 Å². The van der Waals surface area contributed by atoms with Crippen LogP contribution in [-0.2, 0) is 30.8 Å². The number of amides is 1. The third kappa shape index (κ3) is 4.77. The van der Waals surface area contributed by atoms with Crippen LogP contribution < -0.4 is 4.74 Å². The van der Waals surface area contributed by atoms with Crippen molar-refractivity contribution in [2.45, 2.75) is 26.1 Å². The second kappa shape index (κ2) is 9.72. The van der Waals surface area contributed by atoms with Gasteiger partial charge in [0, 0.05) is 56.6 Å². The molecule has 0 N–H and O–H groups in total. The van der Waals surface area contributed by atoms with E-state index < -0.39 is 0 Å². The number of rotatable bonds is 6. The van der Waals surface area contributed by atoms with Gasteiger partial charge in [-0.1, -0.05) is 18.2 Å². The lowest BCUT2D eigenvalue weighted by Crippen LogP contribution is -2.41. The zero-order valence-electron chi connectivity index (χ0n) is 18.9. The molecule has 172 valence electrons. The SMILES string of the molecule is COc1ccc(CN2CCc3c(c(C(=O)N4CCOCC4)nn3Cc3ccccn3)C2)cc1. The Bertz CT molecular complexity index is 1090. The minimum absolute atomic E-state index is 0.000573. The van der Waals surface area contributed by atoms with Crippen molar-refractivity contribution in [3.05, 3.63) is 76.9 Å². The second-order valence-electron chi connectivity index (χ2n) is 8.47. The van der Waals surface area contributed by atoms with E-state index in [0.29, 0.717) is 45.1 Å². The van der Waals surface area contributed by atoms with Crippen molar-refractivity contribution in [2.24, 2.45) is 0 Å². The minimum atomic E-state index is 0.000573. The lowest BCUT2D eigenvalue weighted by atomic mass is 10.0. The van der Waals surface area contributed by atoms with Crippen molar-refractivity contribution in [1.82, 2.24) is 24.6 Å². The van der Waals surface area contributed by atoms with Crippen molar-refractivity contribution >= 4 is 5.91 Å². The van der Waals surface area contributed by atoms with Gasteiger partial charge >= 0.3 is 0 Å². The summed E-state index contributed by atoms with van der Waals surface area (Å²) in [6, 6.07) is 14.1. The standard InChI is InChI=1S/C25H29N5O3/c1-32-21-7-5-19(6-8-21)16-28-11-9-23-22(18-28)24(25(31)29-12-14-33-15-13-29)27-30(23)17-20-4-2-3-10-26-20/h2-8,10H,9,11-18H2,1H3. The van der Waals surface area contributed by atoms with E-state index in [1.807, 2.05) is 39.9 Å². The number of hydrogen-bond donors (Lipinski definition) is 0. The molecule has 0 aliphatic carbocycles. The number of aromatic nitrogens is 3. The number of hydrogen-bond acceptors (Lipinski definition) is 6. The highest BCUT2D eigenvalue weighted by molar-refractivity contribution is 5.94. The van der Waals surface area contributed by atoms with Crippen LogP contribution in [0.1, 0.15) is 33.0 Å². The molecule has 8 heteroatoms. The van der Waals surface area contributed by atoms with Crippen LogP contribution in [-0.4, -0.2) is 70.4 Å². The van der Waals surface area contributed by atoms with Crippen molar-refractivity contribution in [3.8, 4) is 5.75 Å². The zero-order valence-corrected chi connectivity index (χ0v) is 18.9. The van der Waals surface area contributed by atoms with E-state index in [1.165, 1.54) is 5.56 Å². The lowest BCUT2D eigenvalue weighted by Gasteiger charge is -2.29. The first-order chi connectivity index (χ1) is 16.2. The average Bonchev–Trinajstić information content (AvgIpc) is 3.22. The van der Waals surface area contributed by atoms with Gasteiger partial charge in [-0.05, 0) is 29.8 Å². The van der Waals surface area contributed by atoms with Gasteiger partial charge in [0.15, 0.2) is 5.69 Å². The topological polar surface area (TPSA) is 72.7 Å². The largest absolute Gasteiger partial charge is 0.497 e. The first kappa shape index (κ1) is 21.6. The Morgan fingerprint density at radius 2 is 1.88 bits per heavy atom. The molecular weight excluding hydrogens is 418 g/mol. The van der Waals surface area contributed by atoms with Crippen LogP contribution in [0, 0.1) is 0 Å². The number of carbonyl (C=O) groups excluding carboxylic acids is 1. The molecule has 1 aromatic carbocycles.